The number of nitrogens with one attached hydrogen (secondary N) is 1. The number of imidazole rings is 1. The average Bonchev–Trinajstić information content (AvgIpc) is 3.37. The summed E-state index contributed by atoms with van der Waals surface area (Å²) in [5.74, 6) is 1.18. The van der Waals surface area contributed by atoms with Gasteiger partial charge in [0, 0.05) is 36.2 Å². The second-order valence-electron chi connectivity index (χ2n) is 10.1. The number of rotatable bonds is 11. The van der Waals surface area contributed by atoms with Crippen molar-refractivity contribution in [1.82, 2.24) is 9.55 Å². The molecule has 1 unspecified atom stereocenters. The fourth-order valence-electron chi connectivity index (χ4n) is 4.43. The van der Waals surface area contributed by atoms with Gasteiger partial charge >= 0.3 is 5.97 Å². The molecule has 1 atom stereocenters. The van der Waals surface area contributed by atoms with Crippen molar-refractivity contribution in [3.8, 4) is 17.0 Å². The van der Waals surface area contributed by atoms with Crippen LogP contribution in [-0.2, 0) is 22.8 Å². The first-order valence-corrected chi connectivity index (χ1v) is 16.1. The van der Waals surface area contributed by atoms with Crippen LogP contribution in [0, 0.1) is 6.92 Å². The van der Waals surface area contributed by atoms with Crippen LogP contribution in [0.4, 0.5) is 5.69 Å². The highest BCUT2D eigenvalue weighted by Gasteiger charge is 2.14. The molecule has 0 aliphatic heterocycles. The van der Waals surface area contributed by atoms with Gasteiger partial charge in [-0.3, -0.25) is 0 Å². The van der Waals surface area contributed by atoms with Crippen molar-refractivity contribution in [3.63, 3.8) is 0 Å². The van der Waals surface area contributed by atoms with Gasteiger partial charge in [-0.2, -0.15) is 0 Å². The zero-order valence-electron chi connectivity index (χ0n) is 25.6. The first kappa shape index (κ1) is 33.5. The molecule has 10 heteroatoms. The minimum atomic E-state index is -1.40. The molecule has 7 nitrogen and oxygen atoms in total. The van der Waals surface area contributed by atoms with E-state index in [4.69, 9.17) is 37.7 Å². The molecule has 0 aliphatic carbocycles. The van der Waals surface area contributed by atoms with Gasteiger partial charge in [-0.1, -0.05) is 60.1 Å². The van der Waals surface area contributed by atoms with Gasteiger partial charge in [0.1, 0.15) is 28.3 Å². The third-order valence-corrected chi connectivity index (χ3v) is 7.90. The van der Waals surface area contributed by atoms with Crippen molar-refractivity contribution in [1.29, 1.82) is 0 Å². The SMILES string of the molecule is C=C/C(=C\C=C(/C)c1ccc(/C=C/c2nc(-c3ccc(Cl)cc3Cl)cn2C)c(C)c1)Oc1ccc(C(=O)OC)c(NS(C)=O)c1. The molecule has 232 valence electrons. The zero-order valence-corrected chi connectivity index (χ0v) is 27.9. The van der Waals surface area contributed by atoms with E-state index in [1.807, 2.05) is 55.1 Å². The third-order valence-electron chi connectivity index (χ3n) is 6.84. The first-order valence-electron chi connectivity index (χ1n) is 13.8. The molecule has 3 aromatic carbocycles. The number of carbonyl (C=O) groups excluding carboxylic acids is 1. The van der Waals surface area contributed by atoms with Crippen molar-refractivity contribution >= 4 is 63.6 Å². The summed E-state index contributed by atoms with van der Waals surface area (Å²) < 4.78 is 27.3. The van der Waals surface area contributed by atoms with E-state index in [9.17, 15) is 9.00 Å². The van der Waals surface area contributed by atoms with Crippen molar-refractivity contribution in [2.45, 2.75) is 13.8 Å². The van der Waals surface area contributed by atoms with Gasteiger partial charge in [0.05, 0.1) is 29.1 Å². The number of hydrogen-bond acceptors (Lipinski definition) is 5. The van der Waals surface area contributed by atoms with Crippen LogP contribution in [0.2, 0.25) is 10.0 Å². The molecule has 0 fully saturated rings. The number of nitrogens with zero attached hydrogens (tertiary/aromatic N) is 2. The Morgan fingerprint density at radius 2 is 1.84 bits per heavy atom. The maximum absolute atomic E-state index is 12.1. The number of esters is 1. The topological polar surface area (TPSA) is 82.5 Å². The maximum Gasteiger partial charge on any atom is 0.339 e. The van der Waals surface area contributed by atoms with Gasteiger partial charge in [0.2, 0.25) is 0 Å². The molecule has 0 spiro atoms. The fourth-order valence-corrected chi connectivity index (χ4v) is 5.42. The van der Waals surface area contributed by atoms with Crippen LogP contribution >= 0.6 is 23.2 Å². The lowest BCUT2D eigenvalue weighted by atomic mass is 10.00. The minimum Gasteiger partial charge on any atom is -0.465 e. The molecule has 1 aromatic heterocycles. The van der Waals surface area contributed by atoms with Crippen LogP contribution in [0.25, 0.3) is 29.0 Å². The Balaban J connectivity index is 1.50. The highest BCUT2D eigenvalue weighted by atomic mass is 35.5. The number of anilines is 1. The fraction of sp³-hybridized carbons (Fsp3) is 0.143. The van der Waals surface area contributed by atoms with E-state index < -0.39 is 17.0 Å². The van der Waals surface area contributed by atoms with Gasteiger partial charge in [-0.25, -0.2) is 14.0 Å². The van der Waals surface area contributed by atoms with Gasteiger partial charge in [0.15, 0.2) is 0 Å². The Labute approximate surface area is 276 Å². The molecule has 1 heterocycles. The smallest absolute Gasteiger partial charge is 0.339 e. The van der Waals surface area contributed by atoms with E-state index in [0.29, 0.717) is 27.2 Å². The summed E-state index contributed by atoms with van der Waals surface area (Å²) in [4.78, 5) is 16.8. The van der Waals surface area contributed by atoms with Crippen LogP contribution in [0.5, 0.6) is 5.75 Å². The van der Waals surface area contributed by atoms with E-state index in [2.05, 4.69) is 36.4 Å². The number of carbonyl (C=O) groups is 1. The van der Waals surface area contributed by atoms with Crippen molar-refractivity contribution < 1.29 is 18.5 Å². The van der Waals surface area contributed by atoms with Crippen LogP contribution in [-0.4, -0.2) is 33.1 Å². The van der Waals surface area contributed by atoms with Gasteiger partial charge in [-0.05, 0) is 84.7 Å². The lowest BCUT2D eigenvalue weighted by molar-refractivity contribution is 0.0602. The Kier molecular flexibility index (Phi) is 11.2. The molecule has 0 saturated heterocycles. The van der Waals surface area contributed by atoms with E-state index in [0.717, 1.165) is 39.3 Å². The summed E-state index contributed by atoms with van der Waals surface area (Å²) in [6, 6.07) is 16.4. The molecule has 0 aliphatic rings. The summed E-state index contributed by atoms with van der Waals surface area (Å²) in [7, 11) is 1.83. The minimum absolute atomic E-state index is 0.251. The molecule has 45 heavy (non-hydrogen) atoms. The Hall–Kier alpha value is -4.37. The second kappa shape index (κ2) is 15.1. The van der Waals surface area contributed by atoms with Crippen LogP contribution < -0.4 is 9.46 Å². The van der Waals surface area contributed by atoms with Crippen LogP contribution in [0.1, 0.15) is 39.8 Å². The highest BCUT2D eigenvalue weighted by Crippen LogP contribution is 2.30. The van der Waals surface area contributed by atoms with Gasteiger partial charge in [0.25, 0.3) is 0 Å². The lowest BCUT2D eigenvalue weighted by Crippen LogP contribution is -2.09. The van der Waals surface area contributed by atoms with E-state index in [-0.39, 0.29) is 5.56 Å². The third kappa shape index (κ3) is 8.63. The summed E-state index contributed by atoms with van der Waals surface area (Å²) >= 11 is 12.4. The lowest BCUT2D eigenvalue weighted by Gasteiger charge is -2.12. The first-order chi connectivity index (χ1) is 21.5. The zero-order chi connectivity index (χ0) is 32.7. The van der Waals surface area contributed by atoms with Crippen molar-refractivity contribution in [2.75, 3.05) is 18.1 Å². The molecule has 0 bridgehead atoms. The van der Waals surface area contributed by atoms with Gasteiger partial charge < -0.3 is 18.8 Å². The van der Waals surface area contributed by atoms with E-state index >= 15 is 0 Å². The van der Waals surface area contributed by atoms with Gasteiger partial charge in [-0.15, -0.1) is 0 Å². The van der Waals surface area contributed by atoms with Crippen molar-refractivity contribution in [2.24, 2.45) is 7.05 Å². The summed E-state index contributed by atoms with van der Waals surface area (Å²) in [6.45, 7) is 7.93. The largest absolute Gasteiger partial charge is 0.465 e. The molecule has 4 aromatic rings. The van der Waals surface area contributed by atoms with Crippen LogP contribution in [0.15, 0.2) is 91.4 Å². The van der Waals surface area contributed by atoms with Crippen molar-refractivity contribution in [3.05, 3.63) is 129 Å². The molecule has 0 radical (unpaired) electrons. The molecule has 1 N–H and O–H groups in total. The number of aromatic nitrogens is 2. The predicted octanol–water partition coefficient (Wildman–Crippen LogP) is 8.92. The Morgan fingerprint density at radius 1 is 1.07 bits per heavy atom. The summed E-state index contributed by atoms with van der Waals surface area (Å²) in [6.07, 6.45) is 12.8. The molecule has 0 saturated carbocycles. The molecular formula is C35H33Cl2N3O4S. The monoisotopic (exact) mass is 661 g/mol. The maximum atomic E-state index is 12.1. The second-order valence-corrected chi connectivity index (χ2v) is 12.1. The quantitative estimate of drug-likeness (QED) is 0.0986. The van der Waals surface area contributed by atoms with Crippen LogP contribution in [0.3, 0.4) is 0 Å². The molecular weight excluding hydrogens is 629 g/mol. The number of allylic oxidation sites excluding steroid dienone is 4. The van der Waals surface area contributed by atoms with E-state index in [1.165, 1.54) is 13.4 Å². The number of benzene rings is 3. The highest BCUT2D eigenvalue weighted by molar-refractivity contribution is 7.85. The van der Waals surface area contributed by atoms with E-state index in [1.54, 1.807) is 36.4 Å². The summed E-state index contributed by atoms with van der Waals surface area (Å²) in [5, 5.41) is 1.14. The number of methoxy groups -OCH3 is 1. The number of aryl methyl sites for hydroxylation is 2. The Bertz CT molecular complexity index is 1870. The average molecular weight is 663 g/mol. The molecule has 4 rings (SSSR count). The number of hydrogen-bond donors (Lipinski definition) is 1. The standard InChI is InChI=1S/C35H33Cl2N3O4S/c1-7-27(44-28-14-16-30(35(41)43-5)32(20-28)39-45(6)42)13-8-22(2)25-10-9-24(23(3)18-25)11-17-34-38-33(21-40(34)4)29-15-12-26(36)19-31(29)37/h7-21,39H,1H2,2-6H3/b17-11+,22-8+,27-13+. The number of ether oxygens (including phenoxy) is 2. The Morgan fingerprint density at radius 3 is 2.51 bits per heavy atom. The summed E-state index contributed by atoms with van der Waals surface area (Å²) in [5.41, 5.74) is 6.44. The predicted molar refractivity (Wildman–Crippen MR) is 187 cm³/mol. The number of halogens is 2. The molecule has 0 amide bonds. The normalized spacial score (nSPS) is 12.7.